The van der Waals surface area contributed by atoms with E-state index in [1.165, 1.54) is 0 Å². The minimum Gasteiger partial charge on any atom is -0.493 e. The van der Waals surface area contributed by atoms with Crippen LogP contribution in [0.25, 0.3) is 0 Å². The molecule has 3 aromatic rings. The topological polar surface area (TPSA) is 59.9 Å². The zero-order valence-electron chi connectivity index (χ0n) is 16.8. The number of nitrogens with zero attached hydrogens (tertiary/aromatic N) is 1. The van der Waals surface area contributed by atoms with Crippen LogP contribution in [0.1, 0.15) is 22.6 Å². The Morgan fingerprint density at radius 2 is 1.63 bits per heavy atom. The lowest BCUT2D eigenvalue weighted by Gasteiger charge is -2.16. The number of benzene rings is 3. The fourth-order valence-electron chi connectivity index (χ4n) is 3.05. The Kier molecular flexibility index (Phi) is 7.39. The summed E-state index contributed by atoms with van der Waals surface area (Å²) in [7, 11) is 1.57. The van der Waals surface area contributed by atoms with Crippen LogP contribution in [0.3, 0.4) is 0 Å². The number of ether oxygens (including phenoxy) is 2. The van der Waals surface area contributed by atoms with Gasteiger partial charge in [0.05, 0.1) is 19.2 Å². The van der Waals surface area contributed by atoms with E-state index >= 15 is 0 Å². The number of nitrogens with one attached hydrogen (secondary N) is 1. The van der Waals surface area contributed by atoms with Gasteiger partial charge < -0.3 is 9.47 Å². The molecule has 0 fully saturated rings. The summed E-state index contributed by atoms with van der Waals surface area (Å²) in [6.07, 6.45) is 3.24. The first-order valence-corrected chi connectivity index (χ1v) is 9.57. The smallest absolute Gasteiger partial charge is 0.252 e. The summed E-state index contributed by atoms with van der Waals surface area (Å²) in [5.41, 5.74) is 5.24. The number of amides is 1. The molecule has 3 rings (SSSR count). The van der Waals surface area contributed by atoms with Crippen molar-refractivity contribution in [1.29, 1.82) is 0 Å². The van der Waals surface area contributed by atoms with Crippen LogP contribution in [-0.4, -0.2) is 25.8 Å². The average molecular weight is 400 g/mol. The molecular formula is C25H24N2O3. The van der Waals surface area contributed by atoms with Gasteiger partial charge in [-0.3, -0.25) is 4.79 Å². The summed E-state index contributed by atoms with van der Waals surface area (Å²) in [6, 6.07) is 24.7. The lowest BCUT2D eigenvalue weighted by atomic mass is 9.91. The highest BCUT2D eigenvalue weighted by molar-refractivity contribution is 5.88. The first-order chi connectivity index (χ1) is 14.7. The third-order valence-corrected chi connectivity index (χ3v) is 4.46. The van der Waals surface area contributed by atoms with Crippen molar-refractivity contribution in [2.24, 2.45) is 5.10 Å². The van der Waals surface area contributed by atoms with Crippen LogP contribution in [0.15, 0.2) is 96.6 Å². The van der Waals surface area contributed by atoms with Crippen molar-refractivity contribution in [3.63, 3.8) is 0 Å². The third-order valence-electron chi connectivity index (χ3n) is 4.46. The lowest BCUT2D eigenvalue weighted by Crippen LogP contribution is -2.26. The van der Waals surface area contributed by atoms with Gasteiger partial charge >= 0.3 is 0 Å². The zero-order chi connectivity index (χ0) is 21.2. The molecule has 0 saturated heterocycles. The number of hydrogen-bond acceptors (Lipinski definition) is 4. The molecule has 0 saturated carbocycles. The Bertz CT molecular complexity index is 962. The van der Waals surface area contributed by atoms with Crippen LogP contribution in [0, 0.1) is 0 Å². The number of hydrazone groups is 1. The Labute approximate surface area is 176 Å². The van der Waals surface area contributed by atoms with Gasteiger partial charge in [-0.2, -0.15) is 5.10 Å². The van der Waals surface area contributed by atoms with Gasteiger partial charge in [-0.05, 0) is 34.9 Å². The second-order valence-corrected chi connectivity index (χ2v) is 6.50. The highest BCUT2D eigenvalue weighted by Gasteiger charge is 2.22. The summed E-state index contributed by atoms with van der Waals surface area (Å²) in [6.45, 7) is 4.03. The number of rotatable bonds is 9. The number of carbonyl (C=O) groups is 1. The second-order valence-electron chi connectivity index (χ2n) is 6.50. The lowest BCUT2D eigenvalue weighted by molar-refractivity contribution is -0.121. The standard InChI is InChI=1S/C25H24N2O3/c1-3-16-30-22-15-14-19(17-23(22)29-2)18-26-27-25(28)24(20-10-6-4-7-11-20)21-12-8-5-9-13-21/h3-15,17-18,24H,1,16H2,2H3,(H,27,28)/b26-18+. The average Bonchev–Trinajstić information content (AvgIpc) is 2.79. The van der Waals surface area contributed by atoms with Crippen molar-refractivity contribution in [3.8, 4) is 11.5 Å². The van der Waals surface area contributed by atoms with Gasteiger partial charge in [0.25, 0.3) is 5.91 Å². The normalized spacial score (nSPS) is 10.7. The summed E-state index contributed by atoms with van der Waals surface area (Å²) < 4.78 is 10.9. The van der Waals surface area contributed by atoms with Crippen LogP contribution in [0.2, 0.25) is 0 Å². The molecule has 0 unspecified atom stereocenters. The molecule has 5 nitrogen and oxygen atoms in total. The van der Waals surface area contributed by atoms with E-state index in [9.17, 15) is 4.79 Å². The zero-order valence-corrected chi connectivity index (χ0v) is 16.8. The van der Waals surface area contributed by atoms with Gasteiger partial charge in [0.15, 0.2) is 11.5 Å². The maximum atomic E-state index is 13.0. The Morgan fingerprint density at radius 1 is 1.00 bits per heavy atom. The van der Waals surface area contributed by atoms with Crippen LogP contribution in [-0.2, 0) is 4.79 Å². The van der Waals surface area contributed by atoms with Crippen LogP contribution >= 0.6 is 0 Å². The van der Waals surface area contributed by atoms with E-state index in [4.69, 9.17) is 9.47 Å². The largest absolute Gasteiger partial charge is 0.493 e. The van der Waals surface area contributed by atoms with Gasteiger partial charge in [-0.25, -0.2) is 5.43 Å². The van der Waals surface area contributed by atoms with Gasteiger partial charge in [0, 0.05) is 0 Å². The SMILES string of the molecule is C=CCOc1ccc(/C=N/NC(=O)C(c2ccccc2)c2ccccc2)cc1OC. The van der Waals surface area contributed by atoms with Gasteiger partial charge in [-0.1, -0.05) is 73.3 Å². The van der Waals surface area contributed by atoms with E-state index in [0.717, 1.165) is 16.7 Å². The van der Waals surface area contributed by atoms with Crippen LogP contribution in [0.5, 0.6) is 11.5 Å². The van der Waals surface area contributed by atoms with Crippen LogP contribution in [0.4, 0.5) is 0 Å². The van der Waals surface area contributed by atoms with Crippen molar-refractivity contribution in [2.75, 3.05) is 13.7 Å². The van der Waals surface area contributed by atoms with E-state index in [1.807, 2.05) is 66.7 Å². The van der Waals surface area contributed by atoms with Gasteiger partial charge in [0.2, 0.25) is 0 Å². The minimum atomic E-state index is -0.450. The molecule has 1 amide bonds. The molecule has 3 aromatic carbocycles. The molecular weight excluding hydrogens is 376 g/mol. The Hall–Kier alpha value is -3.86. The van der Waals surface area contributed by atoms with Crippen molar-refractivity contribution in [1.82, 2.24) is 5.43 Å². The molecule has 152 valence electrons. The molecule has 30 heavy (non-hydrogen) atoms. The molecule has 0 heterocycles. The highest BCUT2D eigenvalue weighted by atomic mass is 16.5. The molecule has 0 radical (unpaired) electrons. The highest BCUT2D eigenvalue weighted by Crippen LogP contribution is 2.28. The maximum Gasteiger partial charge on any atom is 0.252 e. The maximum absolute atomic E-state index is 13.0. The molecule has 0 atom stereocenters. The minimum absolute atomic E-state index is 0.207. The molecule has 1 N–H and O–H groups in total. The van der Waals surface area contributed by atoms with E-state index in [1.54, 1.807) is 31.5 Å². The third kappa shape index (κ3) is 5.35. The molecule has 0 aromatic heterocycles. The Morgan fingerprint density at radius 3 is 2.20 bits per heavy atom. The number of carbonyl (C=O) groups excluding carboxylic acids is 1. The molecule has 5 heteroatoms. The quantitative estimate of drug-likeness (QED) is 0.326. The first kappa shape index (κ1) is 20.9. The number of methoxy groups -OCH3 is 1. The van der Waals surface area contributed by atoms with Crippen molar-refractivity contribution in [3.05, 3.63) is 108 Å². The summed E-state index contributed by atoms with van der Waals surface area (Å²) in [4.78, 5) is 13.0. The van der Waals surface area contributed by atoms with Gasteiger partial charge in [-0.15, -0.1) is 0 Å². The van der Waals surface area contributed by atoms with E-state index < -0.39 is 5.92 Å². The van der Waals surface area contributed by atoms with Crippen molar-refractivity contribution >= 4 is 12.1 Å². The molecule has 0 bridgehead atoms. The van der Waals surface area contributed by atoms with Crippen LogP contribution < -0.4 is 14.9 Å². The molecule has 0 aliphatic heterocycles. The molecule has 0 spiro atoms. The summed E-state index contributed by atoms with van der Waals surface area (Å²) in [5.74, 6) is 0.542. The first-order valence-electron chi connectivity index (χ1n) is 9.57. The summed E-state index contributed by atoms with van der Waals surface area (Å²) >= 11 is 0. The van der Waals surface area contributed by atoms with E-state index in [0.29, 0.717) is 18.1 Å². The Balaban J connectivity index is 1.75. The monoisotopic (exact) mass is 400 g/mol. The van der Waals surface area contributed by atoms with E-state index in [2.05, 4.69) is 17.1 Å². The molecule has 0 aliphatic rings. The number of hydrogen-bond donors (Lipinski definition) is 1. The predicted molar refractivity (Wildman–Crippen MR) is 119 cm³/mol. The van der Waals surface area contributed by atoms with Crippen molar-refractivity contribution in [2.45, 2.75) is 5.92 Å². The molecule has 0 aliphatic carbocycles. The van der Waals surface area contributed by atoms with E-state index in [-0.39, 0.29) is 5.91 Å². The predicted octanol–water partition coefficient (Wildman–Crippen LogP) is 4.54. The van der Waals surface area contributed by atoms with Crippen molar-refractivity contribution < 1.29 is 14.3 Å². The fraction of sp³-hybridized carbons (Fsp3) is 0.120. The fourth-order valence-corrected chi connectivity index (χ4v) is 3.05. The summed E-state index contributed by atoms with van der Waals surface area (Å²) in [5, 5.41) is 4.14. The van der Waals surface area contributed by atoms with Gasteiger partial charge in [0.1, 0.15) is 6.61 Å². The second kappa shape index (κ2) is 10.6.